The number of Topliss-reactive ketones (excluding diaryl/α,β-unsaturated/α-hetero) is 1. The van der Waals surface area contributed by atoms with E-state index in [1.54, 1.807) is 0 Å². The predicted octanol–water partition coefficient (Wildman–Crippen LogP) is 4.35. The maximum atomic E-state index is 13.8. The Morgan fingerprint density at radius 3 is 2.65 bits per heavy atom. The first-order valence-electron chi connectivity index (χ1n) is 5.70. The van der Waals surface area contributed by atoms with Gasteiger partial charge in [0.25, 0.3) is 0 Å². The molecule has 1 aliphatic carbocycles. The van der Waals surface area contributed by atoms with Crippen LogP contribution in [-0.2, 0) is 0 Å². The molecule has 1 fully saturated rings. The van der Waals surface area contributed by atoms with Crippen molar-refractivity contribution in [2.75, 3.05) is 0 Å². The zero-order valence-corrected chi connectivity index (χ0v) is 11.1. The lowest BCUT2D eigenvalue weighted by Crippen LogP contribution is -2.20. The molecule has 0 saturated heterocycles. The van der Waals surface area contributed by atoms with Crippen LogP contribution in [0, 0.1) is 23.5 Å². The topological polar surface area (TPSA) is 17.1 Å². The summed E-state index contributed by atoms with van der Waals surface area (Å²) >= 11 is 2.98. The van der Waals surface area contributed by atoms with E-state index < -0.39 is 23.0 Å². The molecule has 0 aliphatic heterocycles. The summed E-state index contributed by atoms with van der Waals surface area (Å²) < 4.78 is 27.5. The molecule has 4 heteroatoms. The Hall–Kier alpha value is -0.770. The van der Waals surface area contributed by atoms with E-state index in [-0.39, 0.29) is 16.3 Å². The van der Waals surface area contributed by atoms with Crippen molar-refractivity contribution in [3.63, 3.8) is 0 Å². The molecule has 1 nitrogen and oxygen atoms in total. The number of benzene rings is 1. The molecule has 2 atom stereocenters. The van der Waals surface area contributed by atoms with Gasteiger partial charge in [0.2, 0.25) is 0 Å². The smallest absolute Gasteiger partial charge is 0.172 e. The monoisotopic (exact) mass is 302 g/mol. The van der Waals surface area contributed by atoms with E-state index in [0.717, 1.165) is 25.3 Å². The summed E-state index contributed by atoms with van der Waals surface area (Å²) in [4.78, 5) is 12.2. The van der Waals surface area contributed by atoms with Gasteiger partial charge in [-0.05, 0) is 46.8 Å². The summed E-state index contributed by atoms with van der Waals surface area (Å²) in [5.41, 5.74) is -0.391. The van der Waals surface area contributed by atoms with Crippen LogP contribution in [0.25, 0.3) is 0 Å². The molecule has 0 bridgehead atoms. The molecular weight excluding hydrogens is 290 g/mol. The van der Waals surface area contributed by atoms with Gasteiger partial charge in [0, 0.05) is 5.92 Å². The summed E-state index contributed by atoms with van der Waals surface area (Å²) in [6, 6.07) is 2.40. The first-order valence-corrected chi connectivity index (χ1v) is 6.49. The van der Waals surface area contributed by atoms with E-state index in [2.05, 4.69) is 15.9 Å². The standard InChI is InChI=1S/C13H13BrF2O/c1-7-3-2-4-8(7)13(17)11-10(15)6-5-9(14)12(11)16/h5-8H,2-4H2,1H3. The summed E-state index contributed by atoms with van der Waals surface area (Å²) in [5, 5.41) is 0. The predicted molar refractivity (Wildman–Crippen MR) is 64.9 cm³/mol. The highest BCUT2D eigenvalue weighted by atomic mass is 79.9. The van der Waals surface area contributed by atoms with Crippen molar-refractivity contribution in [1.82, 2.24) is 0 Å². The second-order valence-corrected chi connectivity index (χ2v) is 5.45. The van der Waals surface area contributed by atoms with Gasteiger partial charge in [0.1, 0.15) is 5.82 Å². The van der Waals surface area contributed by atoms with Crippen LogP contribution in [0.3, 0.4) is 0 Å². The first kappa shape index (κ1) is 12.7. The Morgan fingerprint density at radius 1 is 1.35 bits per heavy atom. The van der Waals surface area contributed by atoms with Crippen LogP contribution in [-0.4, -0.2) is 5.78 Å². The molecule has 0 aromatic heterocycles. The second-order valence-electron chi connectivity index (χ2n) is 4.60. The van der Waals surface area contributed by atoms with Crippen molar-refractivity contribution in [2.24, 2.45) is 11.8 Å². The first-order chi connectivity index (χ1) is 8.02. The third kappa shape index (κ3) is 2.28. The fourth-order valence-corrected chi connectivity index (χ4v) is 2.80. The van der Waals surface area contributed by atoms with Gasteiger partial charge in [0.05, 0.1) is 10.0 Å². The number of carbonyl (C=O) groups excluding carboxylic acids is 1. The minimum Gasteiger partial charge on any atom is -0.294 e. The van der Waals surface area contributed by atoms with Crippen LogP contribution < -0.4 is 0 Å². The number of ketones is 1. The second kappa shape index (κ2) is 4.84. The van der Waals surface area contributed by atoms with Gasteiger partial charge in [-0.15, -0.1) is 0 Å². The van der Waals surface area contributed by atoms with E-state index in [0.29, 0.717) is 0 Å². The summed E-state index contributed by atoms with van der Waals surface area (Å²) in [5.74, 6) is -1.98. The lowest BCUT2D eigenvalue weighted by atomic mass is 9.89. The molecule has 0 amide bonds. The number of rotatable bonds is 2. The molecule has 2 rings (SSSR count). The van der Waals surface area contributed by atoms with E-state index in [9.17, 15) is 13.6 Å². The Labute approximate surface area is 107 Å². The molecule has 0 heterocycles. The largest absolute Gasteiger partial charge is 0.294 e. The van der Waals surface area contributed by atoms with Gasteiger partial charge < -0.3 is 0 Å². The molecule has 2 unspecified atom stereocenters. The summed E-state index contributed by atoms with van der Waals surface area (Å²) in [6.45, 7) is 1.96. The van der Waals surface area contributed by atoms with Gasteiger partial charge in [-0.2, -0.15) is 0 Å². The van der Waals surface area contributed by atoms with Gasteiger partial charge in [-0.3, -0.25) is 4.79 Å². The Kier molecular flexibility index (Phi) is 3.61. The molecule has 0 N–H and O–H groups in total. The quantitative estimate of drug-likeness (QED) is 0.586. The molecule has 1 aromatic carbocycles. The number of carbonyl (C=O) groups is 1. The summed E-state index contributed by atoms with van der Waals surface area (Å²) in [6.07, 6.45) is 2.63. The van der Waals surface area contributed by atoms with Crippen molar-refractivity contribution in [3.05, 3.63) is 33.8 Å². The molecule has 92 valence electrons. The molecular formula is C13H13BrF2O. The summed E-state index contributed by atoms with van der Waals surface area (Å²) in [7, 11) is 0. The Bertz CT molecular complexity index is 459. The van der Waals surface area contributed by atoms with Crippen LogP contribution in [0.4, 0.5) is 8.78 Å². The normalized spacial score (nSPS) is 24.0. The Morgan fingerprint density at radius 2 is 2.06 bits per heavy atom. The minimum absolute atomic E-state index is 0.132. The lowest BCUT2D eigenvalue weighted by molar-refractivity contribution is 0.0888. The maximum absolute atomic E-state index is 13.8. The fraction of sp³-hybridized carbons (Fsp3) is 0.462. The highest BCUT2D eigenvalue weighted by Gasteiger charge is 2.33. The third-order valence-electron chi connectivity index (χ3n) is 3.49. The number of hydrogen-bond acceptors (Lipinski definition) is 1. The fourth-order valence-electron chi connectivity index (χ4n) is 2.47. The van der Waals surface area contributed by atoms with Crippen LogP contribution >= 0.6 is 15.9 Å². The van der Waals surface area contributed by atoms with Crippen molar-refractivity contribution in [2.45, 2.75) is 26.2 Å². The van der Waals surface area contributed by atoms with Crippen LogP contribution in [0.2, 0.25) is 0 Å². The average Bonchev–Trinajstić information content (AvgIpc) is 2.70. The van der Waals surface area contributed by atoms with Crippen molar-refractivity contribution in [3.8, 4) is 0 Å². The van der Waals surface area contributed by atoms with Crippen molar-refractivity contribution >= 4 is 21.7 Å². The zero-order valence-electron chi connectivity index (χ0n) is 9.47. The minimum atomic E-state index is -0.783. The van der Waals surface area contributed by atoms with E-state index >= 15 is 0 Å². The third-order valence-corrected chi connectivity index (χ3v) is 4.10. The van der Waals surface area contributed by atoms with Gasteiger partial charge in [-0.25, -0.2) is 8.78 Å². The molecule has 1 aromatic rings. The average molecular weight is 303 g/mol. The number of halogens is 3. The maximum Gasteiger partial charge on any atom is 0.172 e. The molecule has 1 saturated carbocycles. The van der Waals surface area contributed by atoms with Crippen LogP contribution in [0.5, 0.6) is 0 Å². The van der Waals surface area contributed by atoms with Gasteiger partial charge in [0.15, 0.2) is 11.6 Å². The molecule has 1 aliphatic rings. The van der Waals surface area contributed by atoms with Crippen molar-refractivity contribution in [1.29, 1.82) is 0 Å². The Balaban J connectivity index is 2.40. The number of hydrogen-bond donors (Lipinski definition) is 0. The van der Waals surface area contributed by atoms with E-state index in [1.165, 1.54) is 6.07 Å². The lowest BCUT2D eigenvalue weighted by Gasteiger charge is -2.15. The highest BCUT2D eigenvalue weighted by Crippen LogP contribution is 2.35. The van der Waals surface area contributed by atoms with E-state index in [1.807, 2.05) is 6.92 Å². The van der Waals surface area contributed by atoms with Crippen LogP contribution in [0.1, 0.15) is 36.5 Å². The van der Waals surface area contributed by atoms with Crippen LogP contribution in [0.15, 0.2) is 16.6 Å². The van der Waals surface area contributed by atoms with E-state index in [4.69, 9.17) is 0 Å². The van der Waals surface area contributed by atoms with Gasteiger partial charge in [-0.1, -0.05) is 13.3 Å². The SMILES string of the molecule is CC1CCCC1C(=O)c1c(F)ccc(Br)c1F. The molecule has 17 heavy (non-hydrogen) atoms. The molecule has 0 radical (unpaired) electrons. The van der Waals surface area contributed by atoms with Gasteiger partial charge >= 0.3 is 0 Å². The molecule has 0 spiro atoms. The zero-order chi connectivity index (χ0) is 12.6. The van der Waals surface area contributed by atoms with Crippen molar-refractivity contribution < 1.29 is 13.6 Å². The highest BCUT2D eigenvalue weighted by molar-refractivity contribution is 9.10.